The molecule has 0 fully saturated rings. The van der Waals surface area contributed by atoms with Gasteiger partial charge in [-0.15, -0.1) is 10.5 Å². The first kappa shape index (κ1) is 14.8. The lowest BCUT2D eigenvalue weighted by Gasteiger charge is -2.17. The molecule has 0 N–H and O–H groups in total. The number of nitrogens with zero attached hydrogens (tertiary/aromatic N) is 1. The third kappa shape index (κ3) is 3.96. The summed E-state index contributed by atoms with van der Waals surface area (Å²) >= 11 is 0. The Balaban J connectivity index is 1.52. The molecule has 112 valence electrons. The number of hydrogen-bond donors (Lipinski definition) is 0. The fraction of sp³-hybridized carbons (Fsp3) is 0.421. The Bertz CT molecular complexity index is 568. The van der Waals surface area contributed by atoms with Crippen LogP contribution in [0, 0.1) is 0 Å². The van der Waals surface area contributed by atoms with Crippen LogP contribution in [0.3, 0.4) is 0 Å². The summed E-state index contributed by atoms with van der Waals surface area (Å²) in [7, 11) is 2.55. The van der Waals surface area contributed by atoms with Gasteiger partial charge in [0.25, 0.3) is 0 Å². The third-order valence-corrected chi connectivity index (χ3v) is 6.32. The summed E-state index contributed by atoms with van der Waals surface area (Å²) in [4.78, 5) is 4.17. The third-order valence-electron chi connectivity index (χ3n) is 4.35. The van der Waals surface area contributed by atoms with Gasteiger partial charge in [0, 0.05) is 13.1 Å². The van der Waals surface area contributed by atoms with Crippen LogP contribution in [-0.4, -0.2) is 30.4 Å². The Labute approximate surface area is 131 Å². The van der Waals surface area contributed by atoms with E-state index in [1.54, 1.807) is 10.5 Å². The zero-order valence-electron chi connectivity index (χ0n) is 12.9. The second-order valence-corrected chi connectivity index (χ2v) is 7.84. The average Bonchev–Trinajstić information content (AvgIpc) is 2.95. The zero-order valence-corrected chi connectivity index (χ0v) is 13.7. The van der Waals surface area contributed by atoms with Gasteiger partial charge in [0.2, 0.25) is 0 Å². The number of hydrogen-bond acceptors (Lipinski definition) is 1. The predicted molar refractivity (Wildman–Crippen MR) is 95.9 cm³/mol. The van der Waals surface area contributed by atoms with E-state index in [9.17, 15) is 0 Å². The SMILES string of the molecule is CN(C/C=S1\C=CC2=C1CCCC2)CCc1ccccc1. The maximum absolute atomic E-state index is 2.52. The molecule has 0 radical (unpaired) electrons. The maximum Gasteiger partial charge on any atom is 0.0220 e. The molecule has 0 saturated heterocycles. The highest BCUT2D eigenvalue weighted by atomic mass is 32.2. The first-order chi connectivity index (χ1) is 10.3. The van der Waals surface area contributed by atoms with Gasteiger partial charge in [-0.25, -0.2) is 0 Å². The summed E-state index contributed by atoms with van der Waals surface area (Å²) in [6.07, 6.45) is 8.95. The van der Waals surface area contributed by atoms with Gasteiger partial charge in [-0.2, -0.15) is 0 Å². The maximum atomic E-state index is 2.52. The lowest BCUT2D eigenvalue weighted by Crippen LogP contribution is -2.23. The largest absolute Gasteiger partial charge is 0.302 e. The Morgan fingerprint density at radius 1 is 1.14 bits per heavy atom. The second kappa shape index (κ2) is 7.24. The van der Waals surface area contributed by atoms with Gasteiger partial charge in [-0.3, -0.25) is 0 Å². The van der Waals surface area contributed by atoms with Crippen LogP contribution >= 0.6 is 10.5 Å². The smallest absolute Gasteiger partial charge is 0.0220 e. The summed E-state index contributed by atoms with van der Waals surface area (Å²) in [5.41, 5.74) is 3.08. The van der Waals surface area contributed by atoms with Crippen molar-refractivity contribution >= 4 is 15.9 Å². The quantitative estimate of drug-likeness (QED) is 0.719. The topological polar surface area (TPSA) is 3.24 Å². The number of rotatable bonds is 5. The Kier molecular flexibility index (Phi) is 5.10. The van der Waals surface area contributed by atoms with Crippen molar-refractivity contribution in [1.29, 1.82) is 0 Å². The van der Waals surface area contributed by atoms with Crippen molar-refractivity contribution < 1.29 is 0 Å². The number of allylic oxidation sites excluding steroid dienone is 3. The summed E-state index contributed by atoms with van der Waals surface area (Å²) in [6.45, 7) is 2.23. The standard InChI is InChI=1S/C19H25NS/c1-20(13-11-17-7-3-2-4-8-17)14-16-21-15-12-18-9-5-6-10-19(18)21/h2-4,7-8,12,15-16H,5-6,9-11,13-14H2,1H3. The minimum atomic E-state index is 0.320. The van der Waals surface area contributed by atoms with Crippen LogP contribution in [0.1, 0.15) is 31.2 Å². The monoisotopic (exact) mass is 299 g/mol. The molecule has 2 aliphatic rings. The van der Waals surface area contributed by atoms with Crippen molar-refractivity contribution in [2.24, 2.45) is 0 Å². The molecule has 0 spiro atoms. The summed E-state index contributed by atoms with van der Waals surface area (Å²) in [5, 5.41) is 4.95. The molecule has 21 heavy (non-hydrogen) atoms. The van der Waals surface area contributed by atoms with Crippen LogP contribution in [0.15, 0.2) is 52.3 Å². The first-order valence-corrected chi connectivity index (χ1v) is 9.36. The molecule has 1 aromatic carbocycles. The lowest BCUT2D eigenvalue weighted by molar-refractivity contribution is 0.390. The second-order valence-electron chi connectivity index (χ2n) is 5.99. The highest BCUT2D eigenvalue weighted by Crippen LogP contribution is 2.43. The molecular formula is C19H25NS. The van der Waals surface area contributed by atoms with Crippen LogP contribution in [0.25, 0.3) is 0 Å². The molecule has 0 aromatic heterocycles. The van der Waals surface area contributed by atoms with Crippen molar-refractivity contribution in [2.75, 3.05) is 20.1 Å². The van der Waals surface area contributed by atoms with E-state index < -0.39 is 0 Å². The van der Waals surface area contributed by atoms with Crippen molar-refractivity contribution in [2.45, 2.75) is 32.1 Å². The van der Waals surface area contributed by atoms with Crippen molar-refractivity contribution in [1.82, 2.24) is 4.90 Å². The Morgan fingerprint density at radius 3 is 2.81 bits per heavy atom. The van der Waals surface area contributed by atoms with E-state index in [-0.39, 0.29) is 0 Å². The van der Waals surface area contributed by atoms with Gasteiger partial charge >= 0.3 is 0 Å². The molecule has 0 saturated carbocycles. The van der Waals surface area contributed by atoms with Crippen LogP contribution in [0.2, 0.25) is 0 Å². The van der Waals surface area contributed by atoms with Gasteiger partial charge in [0.1, 0.15) is 0 Å². The van der Waals surface area contributed by atoms with E-state index in [2.05, 4.69) is 59.1 Å². The van der Waals surface area contributed by atoms with E-state index in [1.165, 1.54) is 31.2 Å². The fourth-order valence-electron chi connectivity index (χ4n) is 3.00. The van der Waals surface area contributed by atoms with Crippen molar-refractivity contribution in [3.63, 3.8) is 0 Å². The van der Waals surface area contributed by atoms with Crippen molar-refractivity contribution in [3.8, 4) is 0 Å². The lowest BCUT2D eigenvalue weighted by atomic mass is 10.00. The van der Waals surface area contributed by atoms with E-state index in [0.29, 0.717) is 10.5 Å². The molecule has 0 bridgehead atoms. The van der Waals surface area contributed by atoms with E-state index in [1.807, 2.05) is 0 Å². The highest BCUT2D eigenvalue weighted by Gasteiger charge is 2.16. The number of likely N-dealkylation sites (N-methyl/N-ethyl adjacent to an activating group) is 1. The molecule has 3 rings (SSSR count). The van der Waals surface area contributed by atoms with E-state index in [0.717, 1.165) is 19.5 Å². The highest BCUT2D eigenvalue weighted by molar-refractivity contribution is 8.21. The van der Waals surface area contributed by atoms with Crippen LogP contribution in [-0.2, 0) is 6.42 Å². The van der Waals surface area contributed by atoms with Gasteiger partial charge < -0.3 is 4.90 Å². The van der Waals surface area contributed by atoms with Crippen molar-refractivity contribution in [3.05, 3.63) is 57.9 Å². The van der Waals surface area contributed by atoms with E-state index >= 15 is 0 Å². The molecule has 1 unspecified atom stereocenters. The van der Waals surface area contributed by atoms with Gasteiger partial charge in [0.05, 0.1) is 0 Å². The Hall–Kier alpha value is -1.12. The minimum absolute atomic E-state index is 0.320. The number of benzene rings is 1. The zero-order chi connectivity index (χ0) is 14.5. The summed E-state index contributed by atoms with van der Waals surface area (Å²) in [5.74, 6) is 0. The molecule has 1 aliphatic heterocycles. The summed E-state index contributed by atoms with van der Waals surface area (Å²) in [6, 6.07) is 10.8. The molecule has 1 aliphatic carbocycles. The van der Waals surface area contributed by atoms with Crippen LogP contribution in [0.4, 0.5) is 0 Å². The molecule has 1 nitrogen and oxygen atoms in total. The molecule has 1 atom stereocenters. The summed E-state index contributed by atoms with van der Waals surface area (Å²) < 4.78 is 0. The van der Waals surface area contributed by atoms with Gasteiger partial charge in [-0.05, 0) is 66.0 Å². The van der Waals surface area contributed by atoms with E-state index in [4.69, 9.17) is 0 Å². The van der Waals surface area contributed by atoms with Crippen LogP contribution < -0.4 is 0 Å². The molecule has 1 aromatic rings. The minimum Gasteiger partial charge on any atom is -0.302 e. The molecule has 0 amide bonds. The molecule has 2 heteroatoms. The molecule has 1 heterocycles. The normalized spacial score (nSPS) is 21.3. The molecular weight excluding hydrogens is 274 g/mol. The van der Waals surface area contributed by atoms with Crippen LogP contribution in [0.5, 0.6) is 0 Å². The predicted octanol–water partition coefficient (Wildman–Crippen LogP) is 4.59. The van der Waals surface area contributed by atoms with Gasteiger partial charge in [-0.1, -0.05) is 36.4 Å². The Morgan fingerprint density at radius 2 is 1.95 bits per heavy atom. The first-order valence-electron chi connectivity index (χ1n) is 8.01. The fourth-order valence-corrected chi connectivity index (χ4v) is 5.06. The average molecular weight is 299 g/mol. The van der Waals surface area contributed by atoms with Gasteiger partial charge in [0.15, 0.2) is 0 Å².